The minimum absolute atomic E-state index is 0.0263. The summed E-state index contributed by atoms with van der Waals surface area (Å²) >= 11 is 0. The predicted octanol–water partition coefficient (Wildman–Crippen LogP) is 1.57. The van der Waals surface area contributed by atoms with E-state index in [1.165, 1.54) is 12.0 Å². The van der Waals surface area contributed by atoms with E-state index >= 15 is 0 Å². The third kappa shape index (κ3) is 4.22. The number of hydrogen-bond donors (Lipinski definition) is 2. The van der Waals surface area contributed by atoms with Gasteiger partial charge in [0.1, 0.15) is 11.5 Å². The van der Waals surface area contributed by atoms with Crippen molar-refractivity contribution in [1.29, 1.82) is 0 Å². The van der Waals surface area contributed by atoms with Gasteiger partial charge < -0.3 is 24.5 Å². The molecular weight excluding hydrogens is 440 g/mol. The summed E-state index contributed by atoms with van der Waals surface area (Å²) in [4.78, 5) is 49.2. The summed E-state index contributed by atoms with van der Waals surface area (Å²) in [5, 5.41) is 11.4. The maximum Gasteiger partial charge on any atom is 0.354 e. The van der Waals surface area contributed by atoms with E-state index in [1.54, 1.807) is 38.4 Å². The van der Waals surface area contributed by atoms with Gasteiger partial charge in [0.2, 0.25) is 0 Å². The van der Waals surface area contributed by atoms with Crippen molar-refractivity contribution in [2.75, 3.05) is 46.5 Å². The number of aromatic amines is 1. The van der Waals surface area contributed by atoms with Crippen molar-refractivity contribution in [3.05, 3.63) is 58.2 Å². The average Bonchev–Trinajstić information content (AvgIpc) is 3.30. The number of H-pyrrole nitrogens is 1. The number of Topliss-reactive ketones (excluding diaryl/α,β-unsaturated/α-hetero) is 1. The number of carbonyl (C=O) groups excluding carboxylic acids is 3. The molecule has 1 unspecified atom stereocenters. The van der Waals surface area contributed by atoms with Gasteiger partial charge in [-0.2, -0.15) is 0 Å². The minimum Gasteiger partial charge on any atom is -0.507 e. The van der Waals surface area contributed by atoms with Crippen LogP contribution in [0.5, 0.6) is 0 Å². The number of rotatable bonds is 6. The van der Waals surface area contributed by atoms with Crippen LogP contribution in [0.1, 0.15) is 38.9 Å². The first-order valence-electron chi connectivity index (χ1n) is 11.1. The zero-order valence-electron chi connectivity index (χ0n) is 19.5. The van der Waals surface area contributed by atoms with E-state index in [0.717, 1.165) is 13.1 Å². The lowest BCUT2D eigenvalue weighted by Gasteiger charge is -2.30. The molecule has 4 rings (SSSR count). The molecular formula is C24H28N4O6. The van der Waals surface area contributed by atoms with Crippen molar-refractivity contribution in [2.24, 2.45) is 0 Å². The topological polar surface area (TPSA) is 125 Å². The lowest BCUT2D eigenvalue weighted by Crippen LogP contribution is -2.42. The standard InChI is InChI=1S/C24H28N4O6/c1-14-17(15(2)26-19(14)24(32)33-3)21(29)18-20(16-5-4-6-25-13-16)28(23(31)22(18)30)8-7-27-9-11-34-12-10-27/h4-6,13,20,26,29H,7-12H2,1-3H3/b21-18-. The highest BCUT2D eigenvalue weighted by Gasteiger charge is 2.46. The molecule has 0 radical (unpaired) electrons. The highest BCUT2D eigenvalue weighted by atomic mass is 16.5. The average molecular weight is 469 g/mol. The number of hydrogen-bond acceptors (Lipinski definition) is 8. The van der Waals surface area contributed by atoms with Crippen LogP contribution in [0.4, 0.5) is 0 Å². The molecule has 4 heterocycles. The molecule has 34 heavy (non-hydrogen) atoms. The molecule has 10 nitrogen and oxygen atoms in total. The van der Waals surface area contributed by atoms with Crippen LogP contribution in [0.15, 0.2) is 30.1 Å². The number of morpholine rings is 1. The summed E-state index contributed by atoms with van der Waals surface area (Å²) in [6, 6.07) is 2.69. The van der Waals surface area contributed by atoms with Crippen molar-refractivity contribution < 1.29 is 29.0 Å². The van der Waals surface area contributed by atoms with Crippen LogP contribution in [0.25, 0.3) is 5.76 Å². The first-order chi connectivity index (χ1) is 16.3. The highest BCUT2D eigenvalue weighted by Crippen LogP contribution is 2.40. The quantitative estimate of drug-likeness (QED) is 0.283. The maximum absolute atomic E-state index is 13.2. The normalized spacial score (nSPS) is 20.7. The van der Waals surface area contributed by atoms with Gasteiger partial charge in [-0.05, 0) is 31.0 Å². The lowest BCUT2D eigenvalue weighted by atomic mass is 9.95. The molecule has 2 aliphatic rings. The van der Waals surface area contributed by atoms with Gasteiger partial charge >= 0.3 is 5.97 Å². The van der Waals surface area contributed by atoms with Crippen LogP contribution >= 0.6 is 0 Å². The molecule has 1 amide bonds. The Labute approximate surface area is 197 Å². The van der Waals surface area contributed by atoms with Gasteiger partial charge in [0.15, 0.2) is 0 Å². The van der Waals surface area contributed by atoms with Gasteiger partial charge in [-0.25, -0.2) is 4.79 Å². The zero-order chi connectivity index (χ0) is 24.4. The zero-order valence-corrected chi connectivity index (χ0v) is 19.5. The summed E-state index contributed by atoms with van der Waals surface area (Å²) in [6.45, 7) is 6.96. The van der Waals surface area contributed by atoms with Gasteiger partial charge in [0.05, 0.1) is 31.9 Å². The summed E-state index contributed by atoms with van der Waals surface area (Å²) in [7, 11) is 1.26. The molecule has 0 aromatic carbocycles. The van der Waals surface area contributed by atoms with Crippen LogP contribution < -0.4 is 0 Å². The maximum atomic E-state index is 13.2. The number of aliphatic hydroxyl groups is 1. The number of nitrogens with one attached hydrogen (secondary N) is 1. The monoisotopic (exact) mass is 468 g/mol. The highest BCUT2D eigenvalue weighted by molar-refractivity contribution is 6.46. The number of likely N-dealkylation sites (tertiary alicyclic amines) is 1. The van der Waals surface area contributed by atoms with E-state index in [2.05, 4.69) is 14.9 Å². The second-order valence-corrected chi connectivity index (χ2v) is 8.35. The third-order valence-corrected chi connectivity index (χ3v) is 6.36. The first kappa shape index (κ1) is 23.7. The number of amides is 1. The molecule has 0 aliphatic carbocycles. The number of pyridine rings is 1. The Morgan fingerprint density at radius 2 is 2.00 bits per heavy atom. The Bertz CT molecular complexity index is 1130. The third-order valence-electron chi connectivity index (χ3n) is 6.36. The fourth-order valence-electron chi connectivity index (χ4n) is 4.61. The number of aryl methyl sites for hydroxylation is 1. The number of aromatic nitrogens is 2. The molecule has 2 aliphatic heterocycles. The smallest absolute Gasteiger partial charge is 0.354 e. The van der Waals surface area contributed by atoms with Crippen molar-refractivity contribution in [1.82, 2.24) is 19.8 Å². The molecule has 1 atom stereocenters. The van der Waals surface area contributed by atoms with E-state index in [9.17, 15) is 19.5 Å². The Kier molecular flexibility index (Phi) is 6.80. The predicted molar refractivity (Wildman–Crippen MR) is 122 cm³/mol. The Balaban J connectivity index is 1.78. The van der Waals surface area contributed by atoms with Gasteiger partial charge in [-0.3, -0.25) is 19.5 Å². The number of nitrogens with zero attached hydrogens (tertiary/aromatic N) is 3. The molecule has 2 aromatic rings. The van der Waals surface area contributed by atoms with E-state index < -0.39 is 23.7 Å². The Morgan fingerprint density at radius 1 is 1.26 bits per heavy atom. The number of aliphatic hydroxyl groups excluding tert-OH is 1. The SMILES string of the molecule is COC(=O)c1[nH]c(C)c(/C(O)=C2/C(=O)C(=O)N(CCN3CCOCC3)C2c2cccnc2)c1C. The van der Waals surface area contributed by atoms with E-state index in [0.29, 0.717) is 48.7 Å². The van der Waals surface area contributed by atoms with Crippen LogP contribution in [0.3, 0.4) is 0 Å². The van der Waals surface area contributed by atoms with Crippen LogP contribution in [-0.2, 0) is 19.1 Å². The van der Waals surface area contributed by atoms with Gasteiger partial charge in [-0.15, -0.1) is 0 Å². The summed E-state index contributed by atoms with van der Waals surface area (Å²) in [5.41, 5.74) is 2.00. The van der Waals surface area contributed by atoms with Gasteiger partial charge in [0, 0.05) is 49.8 Å². The largest absolute Gasteiger partial charge is 0.507 e. The van der Waals surface area contributed by atoms with E-state index in [1.807, 2.05) is 0 Å². The van der Waals surface area contributed by atoms with Crippen molar-refractivity contribution in [2.45, 2.75) is 19.9 Å². The number of carbonyl (C=O) groups is 3. The summed E-state index contributed by atoms with van der Waals surface area (Å²) in [5.74, 6) is -2.37. The molecule has 10 heteroatoms. The second kappa shape index (κ2) is 9.78. The van der Waals surface area contributed by atoms with Crippen molar-refractivity contribution >= 4 is 23.4 Å². The van der Waals surface area contributed by atoms with Crippen LogP contribution in [0, 0.1) is 13.8 Å². The van der Waals surface area contributed by atoms with Crippen molar-refractivity contribution in [3.8, 4) is 0 Å². The molecule has 2 aromatic heterocycles. The molecule has 2 N–H and O–H groups in total. The van der Waals surface area contributed by atoms with Gasteiger partial charge in [-0.1, -0.05) is 6.07 Å². The molecule has 0 spiro atoms. The summed E-state index contributed by atoms with van der Waals surface area (Å²) < 4.78 is 10.2. The van der Waals surface area contributed by atoms with Crippen molar-refractivity contribution in [3.63, 3.8) is 0 Å². The minimum atomic E-state index is -0.801. The number of ether oxygens (including phenoxy) is 2. The lowest BCUT2D eigenvalue weighted by molar-refractivity contribution is -0.140. The number of ketones is 1. The molecule has 0 saturated carbocycles. The first-order valence-corrected chi connectivity index (χ1v) is 11.1. The molecule has 2 saturated heterocycles. The number of methoxy groups -OCH3 is 1. The van der Waals surface area contributed by atoms with E-state index in [4.69, 9.17) is 9.47 Å². The second-order valence-electron chi connectivity index (χ2n) is 8.35. The Hall–Kier alpha value is -3.50. The van der Waals surface area contributed by atoms with Gasteiger partial charge in [0.25, 0.3) is 11.7 Å². The van der Waals surface area contributed by atoms with E-state index in [-0.39, 0.29) is 17.0 Å². The molecule has 2 fully saturated rings. The Morgan fingerprint density at radius 3 is 2.65 bits per heavy atom. The van der Waals surface area contributed by atoms with Crippen LogP contribution in [-0.4, -0.2) is 89.0 Å². The fraction of sp³-hybridized carbons (Fsp3) is 0.417. The number of esters is 1. The van der Waals surface area contributed by atoms with Crippen LogP contribution in [0.2, 0.25) is 0 Å². The molecule has 0 bridgehead atoms. The fourth-order valence-corrected chi connectivity index (χ4v) is 4.61. The molecule has 180 valence electrons. The summed E-state index contributed by atoms with van der Waals surface area (Å²) in [6.07, 6.45) is 3.19.